The highest BCUT2D eigenvalue weighted by Crippen LogP contribution is 2.49. The Labute approximate surface area is 245 Å². The quantitative estimate of drug-likeness (QED) is 0.151. The number of fused-ring (bicyclic) bond motifs is 1. The number of pyridine rings is 2. The van der Waals surface area contributed by atoms with Crippen LogP contribution in [0.1, 0.15) is 19.5 Å². The van der Waals surface area contributed by atoms with E-state index in [0.717, 1.165) is 27.6 Å². The van der Waals surface area contributed by atoms with Gasteiger partial charge in [-0.2, -0.15) is 5.26 Å². The molecule has 0 bridgehead atoms. The van der Waals surface area contributed by atoms with Gasteiger partial charge in [-0.25, -0.2) is 14.5 Å². The van der Waals surface area contributed by atoms with E-state index >= 15 is 0 Å². The largest absolute Gasteiger partial charge is 0.476 e. The van der Waals surface area contributed by atoms with Crippen molar-refractivity contribution in [1.82, 2.24) is 19.4 Å². The van der Waals surface area contributed by atoms with Gasteiger partial charge in [0.05, 0.1) is 13.2 Å². The number of carbonyl (C=O) groups is 1. The zero-order valence-corrected chi connectivity index (χ0v) is 24.9. The van der Waals surface area contributed by atoms with E-state index in [-0.39, 0.29) is 31.5 Å². The van der Waals surface area contributed by atoms with E-state index in [0.29, 0.717) is 17.9 Å². The van der Waals surface area contributed by atoms with Crippen molar-refractivity contribution in [3.05, 3.63) is 78.9 Å². The van der Waals surface area contributed by atoms with Crippen LogP contribution in [-0.2, 0) is 29.7 Å². The molecular formula is C30H33N6O5P. The third-order valence-corrected chi connectivity index (χ3v) is 7.61. The Balaban J connectivity index is 1.71. The zero-order valence-electron chi connectivity index (χ0n) is 24.0. The minimum absolute atomic E-state index is 0.140. The summed E-state index contributed by atoms with van der Waals surface area (Å²) in [5, 5.41) is 13.1. The Morgan fingerprint density at radius 1 is 1.07 bits per heavy atom. The summed E-state index contributed by atoms with van der Waals surface area (Å²) in [6.07, 6.45) is 8.42. The number of likely N-dealkylation sites (N-methyl/N-ethyl adjacent to an activating group) is 1. The molecule has 1 aromatic carbocycles. The van der Waals surface area contributed by atoms with Gasteiger partial charge in [0.1, 0.15) is 24.1 Å². The fourth-order valence-corrected chi connectivity index (χ4v) is 5.33. The lowest BCUT2D eigenvalue weighted by atomic mass is 10.0. The molecule has 1 N–H and O–H groups in total. The van der Waals surface area contributed by atoms with Gasteiger partial charge in [-0.05, 0) is 69.4 Å². The molecule has 1 amide bonds. The number of hydrogen-bond donors (Lipinski definition) is 1. The van der Waals surface area contributed by atoms with Crippen molar-refractivity contribution in [2.45, 2.75) is 20.6 Å². The Kier molecular flexibility index (Phi) is 10.4. The Bertz CT molecular complexity index is 1670. The molecule has 3 heterocycles. The van der Waals surface area contributed by atoms with Crippen molar-refractivity contribution in [1.29, 1.82) is 5.26 Å². The number of rotatable bonds is 13. The van der Waals surface area contributed by atoms with E-state index in [1.165, 1.54) is 6.08 Å². The first kappa shape index (κ1) is 30.8. The fourth-order valence-electron chi connectivity index (χ4n) is 4.21. The Morgan fingerprint density at radius 3 is 2.57 bits per heavy atom. The average molecular weight is 589 g/mol. The number of hydrogen-bond acceptors (Lipinski definition) is 9. The van der Waals surface area contributed by atoms with E-state index < -0.39 is 7.82 Å². The fraction of sp³-hybridized carbons (Fsp3) is 0.267. The topological polar surface area (TPSA) is 132 Å². The molecule has 0 atom stereocenters. The van der Waals surface area contributed by atoms with Crippen LogP contribution in [0.2, 0.25) is 0 Å². The van der Waals surface area contributed by atoms with Crippen molar-refractivity contribution in [3.8, 4) is 28.3 Å². The summed E-state index contributed by atoms with van der Waals surface area (Å²) in [6, 6.07) is 15.0. The predicted octanol–water partition coefficient (Wildman–Crippen LogP) is 5.85. The van der Waals surface area contributed by atoms with Crippen LogP contribution in [0, 0.1) is 11.3 Å². The van der Waals surface area contributed by atoms with Gasteiger partial charge in [-0.15, -0.1) is 0 Å². The van der Waals surface area contributed by atoms with Gasteiger partial charge in [0.25, 0.3) is 0 Å². The van der Waals surface area contributed by atoms with Gasteiger partial charge in [0.2, 0.25) is 5.91 Å². The monoisotopic (exact) mass is 588 g/mol. The number of nitrogens with one attached hydrogen (secondary N) is 1. The van der Waals surface area contributed by atoms with Crippen LogP contribution in [0.25, 0.3) is 33.3 Å². The van der Waals surface area contributed by atoms with Crippen molar-refractivity contribution in [2.75, 3.05) is 39.2 Å². The normalized spacial score (nSPS) is 11.8. The van der Waals surface area contributed by atoms with Gasteiger partial charge in [0, 0.05) is 53.4 Å². The van der Waals surface area contributed by atoms with E-state index in [4.69, 9.17) is 18.6 Å². The molecular weight excluding hydrogens is 555 g/mol. The second kappa shape index (κ2) is 14.1. The van der Waals surface area contributed by atoms with Crippen LogP contribution in [0.5, 0.6) is 0 Å². The number of phosphoric acid groups is 1. The summed E-state index contributed by atoms with van der Waals surface area (Å²) in [4.78, 5) is 23.1. The summed E-state index contributed by atoms with van der Waals surface area (Å²) >= 11 is 0. The third kappa shape index (κ3) is 7.76. The smallest absolute Gasteiger partial charge is 0.323 e. The lowest BCUT2D eigenvalue weighted by molar-refractivity contribution is -0.111. The maximum absolute atomic E-state index is 12.9. The van der Waals surface area contributed by atoms with Gasteiger partial charge in [0.15, 0.2) is 0 Å². The van der Waals surface area contributed by atoms with Crippen molar-refractivity contribution in [2.24, 2.45) is 0 Å². The first-order valence-corrected chi connectivity index (χ1v) is 14.8. The molecule has 0 saturated carbocycles. The molecule has 0 aliphatic rings. The van der Waals surface area contributed by atoms with Crippen LogP contribution in [0.15, 0.2) is 73.2 Å². The lowest BCUT2D eigenvalue weighted by Crippen LogP contribution is -2.12. The van der Waals surface area contributed by atoms with Crippen LogP contribution >= 0.6 is 7.82 Å². The van der Waals surface area contributed by atoms with E-state index in [1.54, 1.807) is 49.0 Å². The molecule has 0 radical (unpaired) electrons. The minimum Gasteiger partial charge on any atom is -0.323 e. The standard InChI is InChI=1S/C30H33N6O5P/c1-5-39-42(38,40-6-2)41-21-36-20-28(23-12-13-32-26(16-23)18-31)27-17-24(19-33-30(27)36)22-9-7-10-25(15-22)34-29(37)11-8-14-35(3)4/h7-13,15-17,19-20H,5-6,14,21H2,1-4H3,(H,34,37)/b11-8+. The van der Waals surface area contributed by atoms with Crippen LogP contribution in [0.4, 0.5) is 5.69 Å². The summed E-state index contributed by atoms with van der Waals surface area (Å²) in [6.45, 7) is 4.26. The molecule has 0 aliphatic carbocycles. The molecule has 0 unspecified atom stereocenters. The summed E-state index contributed by atoms with van der Waals surface area (Å²) in [7, 11) is 0.0935. The number of nitriles is 1. The molecule has 11 nitrogen and oxygen atoms in total. The highest BCUT2D eigenvalue weighted by molar-refractivity contribution is 7.48. The van der Waals surface area contributed by atoms with E-state index in [2.05, 4.69) is 16.4 Å². The van der Waals surface area contributed by atoms with E-state index in [1.807, 2.05) is 55.5 Å². The number of phosphoric ester groups is 1. The van der Waals surface area contributed by atoms with Crippen molar-refractivity contribution < 1.29 is 22.9 Å². The number of nitrogens with zero attached hydrogens (tertiary/aromatic N) is 5. The molecule has 0 aliphatic heterocycles. The molecule has 218 valence electrons. The molecule has 42 heavy (non-hydrogen) atoms. The number of amides is 1. The summed E-state index contributed by atoms with van der Waals surface area (Å²) < 4.78 is 30.8. The maximum Gasteiger partial charge on any atom is 0.476 e. The number of aromatic nitrogens is 3. The second-order valence-corrected chi connectivity index (χ2v) is 11.1. The number of anilines is 1. The first-order chi connectivity index (χ1) is 20.2. The summed E-state index contributed by atoms with van der Waals surface area (Å²) in [5.74, 6) is -0.218. The SMILES string of the molecule is CCOP(=O)(OCC)OCn1cc(-c2ccnc(C#N)c2)c2cc(-c3cccc(NC(=O)/C=C/CN(C)C)c3)cnc21. The zero-order chi connectivity index (χ0) is 30.1. The number of carbonyl (C=O) groups excluding carboxylic acids is 1. The molecule has 4 rings (SSSR count). The highest BCUT2D eigenvalue weighted by Gasteiger charge is 2.26. The molecule has 4 aromatic rings. The second-order valence-electron chi connectivity index (χ2n) is 9.42. The van der Waals surface area contributed by atoms with Gasteiger partial charge in [-0.3, -0.25) is 18.4 Å². The van der Waals surface area contributed by atoms with E-state index in [9.17, 15) is 14.6 Å². The van der Waals surface area contributed by atoms with Crippen LogP contribution in [0.3, 0.4) is 0 Å². The first-order valence-electron chi connectivity index (χ1n) is 13.4. The predicted molar refractivity (Wildman–Crippen MR) is 161 cm³/mol. The number of benzene rings is 1. The lowest BCUT2D eigenvalue weighted by Gasteiger charge is -2.16. The molecule has 0 fully saturated rings. The molecule has 0 spiro atoms. The Morgan fingerprint density at radius 2 is 1.86 bits per heavy atom. The van der Waals surface area contributed by atoms with Crippen molar-refractivity contribution >= 4 is 30.5 Å². The highest BCUT2D eigenvalue weighted by atomic mass is 31.2. The van der Waals surface area contributed by atoms with Crippen LogP contribution < -0.4 is 5.32 Å². The van der Waals surface area contributed by atoms with Gasteiger partial charge >= 0.3 is 7.82 Å². The minimum atomic E-state index is -3.77. The third-order valence-electron chi connectivity index (χ3n) is 6.03. The van der Waals surface area contributed by atoms with Gasteiger partial charge < -0.3 is 14.8 Å². The molecule has 3 aromatic heterocycles. The average Bonchev–Trinajstić information content (AvgIpc) is 3.34. The molecule has 12 heteroatoms. The summed E-state index contributed by atoms with van der Waals surface area (Å²) in [5.41, 5.74) is 4.68. The maximum atomic E-state index is 12.9. The molecule has 0 saturated heterocycles. The Hall–Kier alpha value is -4.17. The van der Waals surface area contributed by atoms with Crippen molar-refractivity contribution in [3.63, 3.8) is 0 Å². The van der Waals surface area contributed by atoms with Crippen LogP contribution in [-0.4, -0.2) is 59.2 Å². The van der Waals surface area contributed by atoms with Gasteiger partial charge in [-0.1, -0.05) is 18.2 Å².